The highest BCUT2D eigenvalue weighted by Gasteiger charge is 2.21. The van der Waals surface area contributed by atoms with Gasteiger partial charge in [0.15, 0.2) is 0 Å². The molecule has 0 bridgehead atoms. The number of nitrogens with one attached hydrogen (secondary N) is 1. The molecule has 15 heavy (non-hydrogen) atoms. The lowest BCUT2D eigenvalue weighted by atomic mass is 10.0. The Balaban J connectivity index is 2.24. The normalized spacial score (nSPS) is 21.7. The third kappa shape index (κ3) is 2.37. The van der Waals surface area contributed by atoms with Crippen LogP contribution in [0.5, 0.6) is 0 Å². The fourth-order valence-corrected chi connectivity index (χ4v) is 2.43. The number of rotatable bonds is 2. The summed E-state index contributed by atoms with van der Waals surface area (Å²) in [6.45, 7) is 3.38. The fourth-order valence-electron chi connectivity index (χ4n) is 2.27. The van der Waals surface area contributed by atoms with Crippen LogP contribution in [0.2, 0.25) is 0 Å². The SMILES string of the molecule is CC[C@@H]1CCCCN1c1cc(=S)nc[nH]1. The van der Waals surface area contributed by atoms with Crippen molar-refractivity contribution in [3.8, 4) is 0 Å². The van der Waals surface area contributed by atoms with E-state index < -0.39 is 0 Å². The molecule has 3 nitrogen and oxygen atoms in total. The summed E-state index contributed by atoms with van der Waals surface area (Å²) in [5.41, 5.74) is 0. The summed E-state index contributed by atoms with van der Waals surface area (Å²) in [5.74, 6) is 1.13. The molecule has 82 valence electrons. The van der Waals surface area contributed by atoms with Gasteiger partial charge in [-0.15, -0.1) is 0 Å². The van der Waals surface area contributed by atoms with Gasteiger partial charge in [0.1, 0.15) is 10.5 Å². The molecular weight excluding hydrogens is 206 g/mol. The first-order chi connectivity index (χ1) is 7.31. The van der Waals surface area contributed by atoms with Gasteiger partial charge < -0.3 is 9.88 Å². The predicted octanol–water partition coefficient (Wildman–Crippen LogP) is 2.91. The van der Waals surface area contributed by atoms with Gasteiger partial charge in [-0.3, -0.25) is 0 Å². The van der Waals surface area contributed by atoms with Crippen LogP contribution in [-0.2, 0) is 0 Å². The van der Waals surface area contributed by atoms with Gasteiger partial charge in [0.25, 0.3) is 0 Å². The van der Waals surface area contributed by atoms with Crippen molar-refractivity contribution in [3.05, 3.63) is 17.0 Å². The van der Waals surface area contributed by atoms with Crippen LogP contribution in [0.3, 0.4) is 0 Å². The Morgan fingerprint density at radius 1 is 1.60 bits per heavy atom. The second-order valence-corrected chi connectivity index (χ2v) is 4.44. The van der Waals surface area contributed by atoms with E-state index >= 15 is 0 Å². The molecule has 0 amide bonds. The van der Waals surface area contributed by atoms with Gasteiger partial charge in [-0.1, -0.05) is 19.1 Å². The topological polar surface area (TPSA) is 31.9 Å². The first kappa shape index (κ1) is 10.6. The number of hydrogen-bond donors (Lipinski definition) is 1. The summed E-state index contributed by atoms with van der Waals surface area (Å²) in [4.78, 5) is 9.64. The van der Waals surface area contributed by atoms with Crippen LogP contribution in [0.4, 0.5) is 5.82 Å². The molecule has 0 aliphatic carbocycles. The number of H-pyrrole nitrogens is 1. The standard InChI is InChI=1S/C11H17N3S/c1-2-9-5-3-4-6-14(9)10-7-11(15)13-8-12-10/h7-9H,2-6H2,1H3,(H,12,13,15)/t9-/m1/s1. The van der Waals surface area contributed by atoms with Crippen LogP contribution < -0.4 is 4.90 Å². The summed E-state index contributed by atoms with van der Waals surface area (Å²) < 4.78 is 0.671. The second-order valence-electron chi connectivity index (χ2n) is 4.02. The average molecular weight is 223 g/mol. The summed E-state index contributed by atoms with van der Waals surface area (Å²) in [5, 5.41) is 0. The Labute approximate surface area is 95.5 Å². The molecule has 0 radical (unpaired) electrons. The number of aromatic nitrogens is 2. The van der Waals surface area contributed by atoms with E-state index in [4.69, 9.17) is 12.2 Å². The maximum atomic E-state index is 5.09. The van der Waals surface area contributed by atoms with E-state index in [1.165, 1.54) is 25.7 Å². The van der Waals surface area contributed by atoms with Crippen molar-refractivity contribution in [2.75, 3.05) is 11.4 Å². The lowest BCUT2D eigenvalue weighted by Crippen LogP contribution is -2.39. The molecule has 0 saturated carbocycles. The minimum absolute atomic E-state index is 0.659. The van der Waals surface area contributed by atoms with Crippen molar-refractivity contribution < 1.29 is 0 Å². The van der Waals surface area contributed by atoms with Crippen LogP contribution >= 0.6 is 12.2 Å². The Morgan fingerprint density at radius 3 is 3.20 bits per heavy atom. The number of aromatic amines is 1. The van der Waals surface area contributed by atoms with Crippen molar-refractivity contribution >= 4 is 18.0 Å². The fraction of sp³-hybridized carbons (Fsp3) is 0.636. The molecule has 1 atom stereocenters. The summed E-state index contributed by atoms with van der Waals surface area (Å²) in [6, 6.07) is 2.62. The van der Waals surface area contributed by atoms with Crippen LogP contribution in [0.25, 0.3) is 0 Å². The Morgan fingerprint density at radius 2 is 2.47 bits per heavy atom. The molecular formula is C11H17N3S. The summed E-state index contributed by atoms with van der Waals surface area (Å²) >= 11 is 5.09. The Kier molecular flexibility index (Phi) is 3.36. The minimum atomic E-state index is 0.659. The van der Waals surface area contributed by atoms with Gasteiger partial charge in [0, 0.05) is 18.7 Å². The van der Waals surface area contributed by atoms with Gasteiger partial charge in [-0.05, 0) is 25.7 Å². The van der Waals surface area contributed by atoms with Gasteiger partial charge in [-0.2, -0.15) is 0 Å². The highest BCUT2D eigenvalue weighted by molar-refractivity contribution is 7.71. The Hall–Kier alpha value is -0.900. The molecule has 1 saturated heterocycles. The number of anilines is 1. The summed E-state index contributed by atoms with van der Waals surface area (Å²) in [6.07, 6.45) is 6.81. The lowest BCUT2D eigenvalue weighted by Gasteiger charge is -2.36. The average Bonchev–Trinajstić information content (AvgIpc) is 2.29. The third-order valence-electron chi connectivity index (χ3n) is 3.07. The molecule has 0 spiro atoms. The van der Waals surface area contributed by atoms with Crippen LogP contribution in [0.15, 0.2) is 12.4 Å². The van der Waals surface area contributed by atoms with Gasteiger partial charge >= 0.3 is 0 Å². The highest BCUT2D eigenvalue weighted by Crippen LogP contribution is 2.24. The monoisotopic (exact) mass is 223 g/mol. The quantitative estimate of drug-likeness (QED) is 0.782. The van der Waals surface area contributed by atoms with E-state index in [0.717, 1.165) is 12.4 Å². The number of hydrogen-bond acceptors (Lipinski definition) is 3. The minimum Gasteiger partial charge on any atom is -0.355 e. The second kappa shape index (κ2) is 4.75. The van der Waals surface area contributed by atoms with E-state index in [1.54, 1.807) is 6.33 Å². The van der Waals surface area contributed by atoms with E-state index in [1.807, 2.05) is 6.07 Å². The molecule has 1 aliphatic rings. The van der Waals surface area contributed by atoms with Gasteiger partial charge in [0.05, 0.1) is 6.33 Å². The van der Waals surface area contributed by atoms with Crippen LogP contribution in [-0.4, -0.2) is 22.6 Å². The maximum Gasteiger partial charge on any atom is 0.131 e. The lowest BCUT2D eigenvalue weighted by molar-refractivity contribution is 0.446. The van der Waals surface area contributed by atoms with Gasteiger partial charge in [0.2, 0.25) is 0 Å². The van der Waals surface area contributed by atoms with Crippen LogP contribution in [0.1, 0.15) is 32.6 Å². The Bertz CT molecular complexity index is 374. The molecule has 0 unspecified atom stereocenters. The molecule has 2 rings (SSSR count). The molecule has 4 heteroatoms. The zero-order valence-electron chi connectivity index (χ0n) is 9.07. The van der Waals surface area contributed by atoms with Crippen molar-refractivity contribution in [3.63, 3.8) is 0 Å². The number of piperidine rings is 1. The van der Waals surface area contributed by atoms with E-state index in [0.29, 0.717) is 10.7 Å². The van der Waals surface area contributed by atoms with Gasteiger partial charge in [-0.25, -0.2) is 4.98 Å². The first-order valence-electron chi connectivity index (χ1n) is 5.62. The van der Waals surface area contributed by atoms with Crippen LogP contribution in [0, 0.1) is 4.64 Å². The third-order valence-corrected chi connectivity index (χ3v) is 3.30. The molecule has 1 aliphatic heterocycles. The molecule has 1 N–H and O–H groups in total. The molecule has 0 aromatic carbocycles. The zero-order valence-corrected chi connectivity index (χ0v) is 9.89. The molecule has 1 aromatic rings. The molecule has 1 aromatic heterocycles. The van der Waals surface area contributed by atoms with Crippen molar-refractivity contribution in [2.24, 2.45) is 0 Å². The van der Waals surface area contributed by atoms with E-state index in [2.05, 4.69) is 21.8 Å². The first-order valence-corrected chi connectivity index (χ1v) is 6.03. The van der Waals surface area contributed by atoms with Crippen molar-refractivity contribution in [1.82, 2.24) is 9.97 Å². The summed E-state index contributed by atoms with van der Waals surface area (Å²) in [7, 11) is 0. The number of nitrogens with zero attached hydrogens (tertiary/aromatic N) is 2. The smallest absolute Gasteiger partial charge is 0.131 e. The molecule has 1 fully saturated rings. The molecule has 2 heterocycles. The van der Waals surface area contributed by atoms with E-state index in [9.17, 15) is 0 Å². The zero-order chi connectivity index (χ0) is 10.7. The highest BCUT2D eigenvalue weighted by atomic mass is 32.1. The van der Waals surface area contributed by atoms with Crippen molar-refractivity contribution in [2.45, 2.75) is 38.6 Å². The van der Waals surface area contributed by atoms with E-state index in [-0.39, 0.29) is 0 Å². The maximum absolute atomic E-state index is 5.09. The van der Waals surface area contributed by atoms with Crippen molar-refractivity contribution in [1.29, 1.82) is 0 Å². The predicted molar refractivity (Wildman–Crippen MR) is 64.7 cm³/mol. The largest absolute Gasteiger partial charge is 0.355 e.